The molecule has 1 fully saturated rings. The Morgan fingerprint density at radius 2 is 1.87 bits per heavy atom. The molecule has 2 rings (SSSR count). The number of benzene rings is 1. The van der Waals surface area contributed by atoms with Gasteiger partial charge in [0.1, 0.15) is 12.4 Å². The van der Waals surface area contributed by atoms with Crippen LogP contribution in [0.4, 0.5) is 0 Å². The van der Waals surface area contributed by atoms with Gasteiger partial charge in [-0.25, -0.2) is 8.42 Å². The molecular formula is C15H25ClN2O4S. The highest BCUT2D eigenvalue weighted by Crippen LogP contribution is 2.36. The minimum atomic E-state index is -3.52. The molecule has 0 radical (unpaired) electrons. The zero-order valence-corrected chi connectivity index (χ0v) is 15.1. The van der Waals surface area contributed by atoms with E-state index in [2.05, 4.69) is 0 Å². The molecule has 1 atom stereocenters. The number of hydrogen-bond donors (Lipinski definition) is 1. The van der Waals surface area contributed by atoms with Crippen molar-refractivity contribution in [3.63, 3.8) is 0 Å². The van der Waals surface area contributed by atoms with Crippen molar-refractivity contribution >= 4 is 22.4 Å². The number of hydrogen-bond acceptors (Lipinski definition) is 5. The molecule has 0 bridgehead atoms. The van der Waals surface area contributed by atoms with Gasteiger partial charge in [0.05, 0.1) is 11.5 Å². The summed E-state index contributed by atoms with van der Waals surface area (Å²) in [7, 11) is -0.319. The lowest BCUT2D eigenvalue weighted by atomic mass is 10.2. The van der Waals surface area contributed by atoms with E-state index in [9.17, 15) is 8.42 Å². The van der Waals surface area contributed by atoms with E-state index in [1.165, 1.54) is 4.31 Å². The minimum absolute atomic E-state index is 0. The summed E-state index contributed by atoms with van der Waals surface area (Å²) >= 11 is 0. The lowest BCUT2D eigenvalue weighted by Gasteiger charge is -2.26. The first-order chi connectivity index (χ1) is 10.5. The van der Waals surface area contributed by atoms with Gasteiger partial charge in [-0.3, -0.25) is 0 Å². The van der Waals surface area contributed by atoms with Crippen LogP contribution in [0.15, 0.2) is 29.2 Å². The second kappa shape index (κ2) is 8.84. The molecule has 23 heavy (non-hydrogen) atoms. The van der Waals surface area contributed by atoms with E-state index in [1.807, 2.05) is 0 Å². The van der Waals surface area contributed by atoms with Crippen molar-refractivity contribution in [3.05, 3.63) is 24.3 Å². The van der Waals surface area contributed by atoms with Crippen molar-refractivity contribution in [2.24, 2.45) is 11.7 Å². The number of nitrogens with two attached hydrogens (primary N) is 1. The Bertz CT molecular complexity index is 576. The molecule has 1 aliphatic rings. The van der Waals surface area contributed by atoms with Crippen LogP contribution in [0.3, 0.4) is 0 Å². The lowest BCUT2D eigenvalue weighted by Crippen LogP contribution is -2.43. The highest BCUT2D eigenvalue weighted by molar-refractivity contribution is 7.89. The average molecular weight is 365 g/mol. The van der Waals surface area contributed by atoms with Gasteiger partial charge in [0.15, 0.2) is 0 Å². The largest absolute Gasteiger partial charge is 0.491 e. The fourth-order valence-corrected chi connectivity index (χ4v) is 3.84. The van der Waals surface area contributed by atoms with Gasteiger partial charge in [0.2, 0.25) is 10.0 Å². The van der Waals surface area contributed by atoms with Gasteiger partial charge in [-0.1, -0.05) is 0 Å². The number of halogens is 1. The lowest BCUT2D eigenvalue weighted by molar-refractivity contribution is 0.146. The Morgan fingerprint density at radius 1 is 1.26 bits per heavy atom. The van der Waals surface area contributed by atoms with Gasteiger partial charge in [-0.05, 0) is 43.0 Å². The first-order valence-electron chi connectivity index (χ1n) is 7.40. The summed E-state index contributed by atoms with van der Waals surface area (Å²) < 4.78 is 37.0. The van der Waals surface area contributed by atoms with Crippen molar-refractivity contribution < 1.29 is 17.9 Å². The van der Waals surface area contributed by atoms with Crippen LogP contribution in [0.1, 0.15) is 12.8 Å². The molecule has 1 unspecified atom stereocenters. The SMILES string of the molecule is COCCOc1ccc(S(=O)(=O)N(C)C(CN)C2CC2)cc1.Cl. The number of nitrogens with zero attached hydrogens (tertiary/aromatic N) is 1. The molecule has 1 aliphatic carbocycles. The van der Waals surface area contributed by atoms with Crippen molar-refractivity contribution in [3.8, 4) is 5.75 Å². The van der Waals surface area contributed by atoms with Crippen molar-refractivity contribution in [1.29, 1.82) is 0 Å². The van der Waals surface area contributed by atoms with E-state index >= 15 is 0 Å². The number of methoxy groups -OCH3 is 1. The second-order valence-corrected chi connectivity index (χ2v) is 7.47. The van der Waals surface area contributed by atoms with Gasteiger partial charge in [-0.2, -0.15) is 4.31 Å². The zero-order valence-electron chi connectivity index (χ0n) is 13.5. The van der Waals surface area contributed by atoms with Crippen molar-refractivity contribution in [1.82, 2.24) is 4.31 Å². The molecule has 0 saturated heterocycles. The van der Waals surface area contributed by atoms with Crippen molar-refractivity contribution in [2.75, 3.05) is 33.9 Å². The molecular weight excluding hydrogens is 340 g/mol. The third-order valence-electron chi connectivity index (χ3n) is 3.93. The quantitative estimate of drug-likeness (QED) is 0.671. The summed E-state index contributed by atoms with van der Waals surface area (Å²) in [6, 6.07) is 6.32. The molecule has 0 aliphatic heterocycles. The first-order valence-corrected chi connectivity index (χ1v) is 8.84. The maximum Gasteiger partial charge on any atom is 0.243 e. The zero-order chi connectivity index (χ0) is 16.2. The highest BCUT2D eigenvalue weighted by atomic mass is 35.5. The third kappa shape index (κ3) is 5.06. The first kappa shape index (κ1) is 20.2. The molecule has 2 N–H and O–H groups in total. The van der Waals surface area contributed by atoms with E-state index < -0.39 is 10.0 Å². The van der Waals surface area contributed by atoms with E-state index in [1.54, 1.807) is 38.4 Å². The topological polar surface area (TPSA) is 81.9 Å². The predicted molar refractivity (Wildman–Crippen MR) is 91.6 cm³/mol. The molecule has 0 amide bonds. The Kier molecular flexibility index (Phi) is 7.76. The van der Waals surface area contributed by atoms with Gasteiger partial charge in [0.25, 0.3) is 0 Å². The van der Waals surface area contributed by atoms with Crippen LogP contribution in [0, 0.1) is 5.92 Å². The molecule has 1 saturated carbocycles. The fourth-order valence-electron chi connectivity index (χ4n) is 2.41. The number of rotatable bonds is 9. The van der Waals surface area contributed by atoms with Crippen LogP contribution < -0.4 is 10.5 Å². The highest BCUT2D eigenvalue weighted by Gasteiger charge is 2.38. The Balaban J connectivity index is 0.00000264. The summed E-state index contributed by atoms with van der Waals surface area (Å²) in [5.74, 6) is 1.01. The molecule has 1 aromatic rings. The minimum Gasteiger partial charge on any atom is -0.491 e. The second-order valence-electron chi connectivity index (χ2n) is 5.47. The summed E-state index contributed by atoms with van der Waals surface area (Å²) in [4.78, 5) is 0.258. The Labute approximate surface area is 144 Å². The maximum absolute atomic E-state index is 12.6. The van der Waals surface area contributed by atoms with Crippen LogP contribution in [-0.2, 0) is 14.8 Å². The molecule has 0 spiro atoms. The summed E-state index contributed by atoms with van der Waals surface area (Å²) in [5.41, 5.74) is 5.74. The van der Waals surface area contributed by atoms with Gasteiger partial charge >= 0.3 is 0 Å². The average Bonchev–Trinajstić information content (AvgIpc) is 3.33. The smallest absolute Gasteiger partial charge is 0.243 e. The Hall–Kier alpha value is -0.860. The number of likely N-dealkylation sites (N-methyl/N-ethyl adjacent to an activating group) is 1. The van der Waals surface area contributed by atoms with Gasteiger partial charge < -0.3 is 15.2 Å². The molecule has 6 nitrogen and oxygen atoms in total. The van der Waals surface area contributed by atoms with E-state index in [0.29, 0.717) is 31.4 Å². The molecule has 0 heterocycles. The number of sulfonamides is 1. The summed E-state index contributed by atoms with van der Waals surface area (Å²) in [5, 5.41) is 0. The van der Waals surface area contributed by atoms with Crippen LogP contribution in [-0.4, -0.2) is 52.7 Å². The van der Waals surface area contributed by atoms with Crippen LogP contribution in [0.2, 0.25) is 0 Å². The number of ether oxygens (including phenoxy) is 2. The van der Waals surface area contributed by atoms with Crippen LogP contribution in [0.5, 0.6) is 5.75 Å². The van der Waals surface area contributed by atoms with E-state index in [4.69, 9.17) is 15.2 Å². The Morgan fingerprint density at radius 3 is 2.35 bits per heavy atom. The molecule has 1 aromatic carbocycles. The fraction of sp³-hybridized carbons (Fsp3) is 0.600. The predicted octanol–water partition coefficient (Wildman–Crippen LogP) is 1.49. The van der Waals surface area contributed by atoms with Crippen LogP contribution in [0.25, 0.3) is 0 Å². The van der Waals surface area contributed by atoms with Crippen molar-refractivity contribution in [2.45, 2.75) is 23.8 Å². The normalized spacial score (nSPS) is 16.0. The van der Waals surface area contributed by atoms with Gasteiger partial charge in [-0.15, -0.1) is 12.4 Å². The van der Waals surface area contributed by atoms with Gasteiger partial charge in [0, 0.05) is 26.7 Å². The molecule has 0 aromatic heterocycles. The molecule has 8 heteroatoms. The van der Waals surface area contributed by atoms with E-state index in [0.717, 1.165) is 12.8 Å². The monoisotopic (exact) mass is 364 g/mol. The summed E-state index contributed by atoms with van der Waals surface area (Å²) in [6.45, 7) is 1.26. The maximum atomic E-state index is 12.6. The van der Waals surface area contributed by atoms with E-state index in [-0.39, 0.29) is 23.3 Å². The summed E-state index contributed by atoms with van der Waals surface area (Å²) in [6.07, 6.45) is 2.10. The molecule has 132 valence electrons. The third-order valence-corrected chi connectivity index (χ3v) is 5.83. The standard InChI is InChI=1S/C15H24N2O4S.ClH/c1-17(15(11-16)12-3-4-12)22(18,19)14-7-5-13(6-8-14)21-10-9-20-2;/h5-8,12,15H,3-4,9-11,16H2,1-2H3;1H. The van der Waals surface area contributed by atoms with Crippen LogP contribution >= 0.6 is 12.4 Å².